The molecule has 0 radical (unpaired) electrons. The number of oxazole rings is 1. The number of fused-ring (bicyclic) bond motifs is 1. The lowest BCUT2D eigenvalue weighted by molar-refractivity contribution is -0.119. The number of benzene rings is 1. The van der Waals surface area contributed by atoms with Gasteiger partial charge in [-0.15, -0.1) is 11.3 Å². The first-order valence-corrected chi connectivity index (χ1v) is 12.8. The highest BCUT2D eigenvalue weighted by molar-refractivity contribution is 7.14. The SMILES string of the molecule is Cc1nc(C)c(C(=O)Nc2nc(-c3ccc4c(c3)CCC(=O)N4CC3CCCN(C(=O)O)C3)cs2)o1. The van der Waals surface area contributed by atoms with Crippen LogP contribution in [0.15, 0.2) is 28.0 Å². The van der Waals surface area contributed by atoms with Crippen LogP contribution in [0, 0.1) is 19.8 Å². The van der Waals surface area contributed by atoms with Crippen LogP contribution in [0.3, 0.4) is 0 Å². The number of rotatable bonds is 5. The molecule has 0 bridgehead atoms. The molecule has 36 heavy (non-hydrogen) atoms. The van der Waals surface area contributed by atoms with Gasteiger partial charge in [0, 0.05) is 49.6 Å². The van der Waals surface area contributed by atoms with Gasteiger partial charge in [-0.2, -0.15) is 0 Å². The lowest BCUT2D eigenvalue weighted by atomic mass is 9.94. The first-order valence-electron chi connectivity index (χ1n) is 11.9. The van der Waals surface area contributed by atoms with Gasteiger partial charge in [0.1, 0.15) is 0 Å². The van der Waals surface area contributed by atoms with Crippen LogP contribution < -0.4 is 10.2 Å². The molecule has 0 saturated carbocycles. The van der Waals surface area contributed by atoms with Crippen molar-refractivity contribution in [3.8, 4) is 11.3 Å². The second-order valence-corrected chi connectivity index (χ2v) is 10.1. The van der Waals surface area contributed by atoms with Crippen molar-refractivity contribution in [2.24, 2.45) is 5.92 Å². The highest BCUT2D eigenvalue weighted by atomic mass is 32.1. The Morgan fingerprint density at radius 2 is 2.08 bits per heavy atom. The minimum atomic E-state index is -0.903. The molecule has 1 saturated heterocycles. The summed E-state index contributed by atoms with van der Waals surface area (Å²) in [6.45, 7) is 4.93. The Bertz CT molecular complexity index is 1330. The molecule has 2 aliphatic rings. The average molecular weight is 510 g/mol. The molecule has 11 heteroatoms. The predicted molar refractivity (Wildman–Crippen MR) is 134 cm³/mol. The van der Waals surface area contributed by atoms with Gasteiger partial charge in [-0.25, -0.2) is 14.8 Å². The largest absolute Gasteiger partial charge is 0.465 e. The molecule has 1 aromatic carbocycles. The maximum atomic E-state index is 12.8. The number of nitrogens with zero attached hydrogens (tertiary/aromatic N) is 4. The van der Waals surface area contributed by atoms with Crippen molar-refractivity contribution in [2.75, 3.05) is 29.9 Å². The Balaban J connectivity index is 1.31. The number of piperidine rings is 1. The van der Waals surface area contributed by atoms with Crippen LogP contribution in [0.2, 0.25) is 0 Å². The number of nitrogens with one attached hydrogen (secondary N) is 1. The van der Waals surface area contributed by atoms with Gasteiger partial charge in [0.2, 0.25) is 11.7 Å². The number of carboxylic acid groups (broad SMARTS) is 1. The fourth-order valence-corrected chi connectivity index (χ4v) is 5.64. The molecule has 5 rings (SSSR count). The molecule has 1 fully saturated rings. The van der Waals surface area contributed by atoms with Crippen molar-refractivity contribution in [2.45, 2.75) is 39.5 Å². The van der Waals surface area contributed by atoms with Gasteiger partial charge in [-0.3, -0.25) is 14.9 Å². The first kappa shape index (κ1) is 24.0. The molecule has 1 atom stereocenters. The van der Waals surface area contributed by atoms with Gasteiger partial charge >= 0.3 is 6.09 Å². The zero-order valence-corrected chi connectivity index (χ0v) is 20.9. The molecule has 2 aromatic heterocycles. The standard InChI is InChI=1S/C25H27N5O5S/c1-14-22(35-15(2)26-14)23(32)28-24-27-19(13-36-24)17-5-7-20-18(10-17)6-8-21(31)30(20)12-16-4-3-9-29(11-16)25(33)34/h5,7,10,13,16H,3-4,6,8-9,11-12H2,1-2H3,(H,33,34)(H,27,28,32). The van der Waals surface area contributed by atoms with E-state index in [0.717, 1.165) is 35.3 Å². The summed E-state index contributed by atoms with van der Waals surface area (Å²) in [5.74, 6) is 0.400. The van der Waals surface area contributed by atoms with Gasteiger partial charge in [0.15, 0.2) is 11.0 Å². The van der Waals surface area contributed by atoms with Crippen LogP contribution in [0.25, 0.3) is 11.3 Å². The number of aromatic nitrogens is 2. The lowest BCUT2D eigenvalue weighted by Crippen LogP contribution is -2.45. The molecule has 0 spiro atoms. The fraction of sp³-hybridized carbons (Fsp3) is 0.400. The van der Waals surface area contributed by atoms with Crippen LogP contribution in [0.5, 0.6) is 0 Å². The summed E-state index contributed by atoms with van der Waals surface area (Å²) in [5, 5.41) is 14.4. The number of hydrogen-bond donors (Lipinski definition) is 2. The van der Waals surface area contributed by atoms with Gasteiger partial charge in [0.25, 0.3) is 5.91 Å². The summed E-state index contributed by atoms with van der Waals surface area (Å²) >= 11 is 1.32. The highest BCUT2D eigenvalue weighted by Crippen LogP contribution is 2.34. The van der Waals surface area contributed by atoms with E-state index in [0.29, 0.717) is 49.2 Å². The molecule has 0 aliphatic carbocycles. The van der Waals surface area contributed by atoms with Crippen molar-refractivity contribution < 1.29 is 23.9 Å². The van der Waals surface area contributed by atoms with Crippen molar-refractivity contribution >= 4 is 40.1 Å². The van der Waals surface area contributed by atoms with E-state index in [4.69, 9.17) is 4.42 Å². The Hall–Kier alpha value is -3.73. The topological polar surface area (TPSA) is 129 Å². The smallest absolute Gasteiger partial charge is 0.407 e. The summed E-state index contributed by atoms with van der Waals surface area (Å²) in [6.07, 6.45) is 1.87. The third-order valence-corrected chi connectivity index (χ3v) is 7.40. The van der Waals surface area contributed by atoms with Gasteiger partial charge < -0.3 is 19.3 Å². The number of aryl methyl sites for hydroxylation is 3. The van der Waals surface area contributed by atoms with E-state index >= 15 is 0 Å². The summed E-state index contributed by atoms with van der Waals surface area (Å²) in [6, 6.07) is 5.92. The van der Waals surface area contributed by atoms with E-state index in [1.807, 2.05) is 28.5 Å². The van der Waals surface area contributed by atoms with Crippen LogP contribution in [-0.2, 0) is 11.2 Å². The van der Waals surface area contributed by atoms with Gasteiger partial charge in [0.05, 0.1) is 11.4 Å². The van der Waals surface area contributed by atoms with E-state index in [1.165, 1.54) is 16.2 Å². The summed E-state index contributed by atoms with van der Waals surface area (Å²) in [4.78, 5) is 48.6. The fourth-order valence-electron chi connectivity index (χ4n) is 4.93. The number of carbonyl (C=O) groups is 3. The molecule has 188 valence electrons. The number of thiazole rings is 1. The third-order valence-electron chi connectivity index (χ3n) is 6.64. The molecule has 4 heterocycles. The normalized spacial score (nSPS) is 17.7. The maximum Gasteiger partial charge on any atom is 0.407 e. The molecule has 1 unspecified atom stereocenters. The molecular weight excluding hydrogens is 482 g/mol. The number of carbonyl (C=O) groups excluding carboxylic acids is 2. The van der Waals surface area contributed by atoms with E-state index < -0.39 is 12.0 Å². The highest BCUT2D eigenvalue weighted by Gasteiger charge is 2.30. The van der Waals surface area contributed by atoms with Crippen molar-refractivity contribution in [3.05, 3.63) is 46.5 Å². The van der Waals surface area contributed by atoms with E-state index in [1.54, 1.807) is 13.8 Å². The summed E-state index contributed by atoms with van der Waals surface area (Å²) < 4.78 is 5.38. The molecule has 2 N–H and O–H groups in total. The Morgan fingerprint density at radius 1 is 1.25 bits per heavy atom. The molecule has 3 aromatic rings. The van der Waals surface area contributed by atoms with Crippen molar-refractivity contribution in [3.63, 3.8) is 0 Å². The maximum absolute atomic E-state index is 12.8. The predicted octanol–water partition coefficient (Wildman–Crippen LogP) is 4.34. The van der Waals surface area contributed by atoms with Crippen molar-refractivity contribution in [1.82, 2.24) is 14.9 Å². The average Bonchev–Trinajstić information content (AvgIpc) is 3.46. The molecule has 10 nitrogen and oxygen atoms in total. The summed E-state index contributed by atoms with van der Waals surface area (Å²) in [5.41, 5.74) is 4.10. The second kappa shape index (κ2) is 9.73. The molecule has 3 amide bonds. The Labute approximate surface area is 212 Å². The number of amides is 3. The van der Waals surface area contributed by atoms with E-state index in [-0.39, 0.29) is 17.6 Å². The minimum Gasteiger partial charge on any atom is -0.465 e. The first-order chi connectivity index (χ1) is 17.3. The third kappa shape index (κ3) is 4.83. The Morgan fingerprint density at radius 3 is 2.83 bits per heavy atom. The molecular formula is C25H27N5O5S. The quantitative estimate of drug-likeness (QED) is 0.523. The number of anilines is 2. The van der Waals surface area contributed by atoms with Crippen LogP contribution in [-0.4, -0.2) is 57.5 Å². The minimum absolute atomic E-state index is 0.0688. The monoisotopic (exact) mass is 509 g/mol. The van der Waals surface area contributed by atoms with Gasteiger partial charge in [-0.05, 0) is 49.8 Å². The zero-order chi connectivity index (χ0) is 25.4. The Kier molecular flexibility index (Phi) is 6.48. The lowest BCUT2D eigenvalue weighted by Gasteiger charge is -2.36. The molecule has 2 aliphatic heterocycles. The zero-order valence-electron chi connectivity index (χ0n) is 20.1. The van der Waals surface area contributed by atoms with Gasteiger partial charge in [-0.1, -0.05) is 6.07 Å². The van der Waals surface area contributed by atoms with Crippen LogP contribution >= 0.6 is 11.3 Å². The number of likely N-dealkylation sites (tertiary alicyclic amines) is 1. The summed E-state index contributed by atoms with van der Waals surface area (Å²) in [7, 11) is 0. The van der Waals surface area contributed by atoms with Crippen molar-refractivity contribution in [1.29, 1.82) is 0 Å². The second-order valence-electron chi connectivity index (χ2n) is 9.22. The van der Waals surface area contributed by atoms with E-state index in [2.05, 4.69) is 15.3 Å². The van der Waals surface area contributed by atoms with E-state index in [9.17, 15) is 19.5 Å². The van der Waals surface area contributed by atoms with Crippen LogP contribution in [0.1, 0.15) is 47.0 Å². The van der Waals surface area contributed by atoms with Crippen LogP contribution in [0.4, 0.5) is 15.6 Å². The number of hydrogen-bond acceptors (Lipinski definition) is 7.